The molecule has 0 atom stereocenters. The molecule has 2 heterocycles. The van der Waals surface area contributed by atoms with Gasteiger partial charge in [-0.2, -0.15) is 0 Å². The van der Waals surface area contributed by atoms with Gasteiger partial charge in [0, 0.05) is 6.20 Å². The van der Waals surface area contributed by atoms with Gasteiger partial charge in [-0.15, -0.1) is 24.8 Å². The molecular formula is C5H5Cl2N3OS. The van der Waals surface area contributed by atoms with Crippen molar-refractivity contribution in [3.05, 3.63) is 22.2 Å². The molecule has 66 valence electrons. The predicted molar refractivity (Wildman–Crippen MR) is 52.5 cm³/mol. The van der Waals surface area contributed by atoms with Gasteiger partial charge in [0.25, 0.3) is 0 Å². The van der Waals surface area contributed by atoms with E-state index in [4.69, 9.17) is 0 Å². The number of halogens is 2. The Morgan fingerprint density at radius 2 is 2.17 bits per heavy atom. The van der Waals surface area contributed by atoms with Crippen molar-refractivity contribution < 1.29 is 0 Å². The van der Waals surface area contributed by atoms with Crippen LogP contribution in [0.3, 0.4) is 0 Å². The summed E-state index contributed by atoms with van der Waals surface area (Å²) < 4.78 is 0.799. The van der Waals surface area contributed by atoms with Gasteiger partial charge in [0.2, 0.25) is 0 Å². The largest absolute Gasteiger partial charge is 0.306 e. The van der Waals surface area contributed by atoms with E-state index in [0.717, 1.165) is 16.0 Å². The summed E-state index contributed by atoms with van der Waals surface area (Å²) >= 11 is 1.12. The second-order valence-corrected chi connectivity index (χ2v) is 2.76. The van der Waals surface area contributed by atoms with Crippen LogP contribution in [0.4, 0.5) is 0 Å². The van der Waals surface area contributed by atoms with Gasteiger partial charge in [-0.1, -0.05) is 11.3 Å². The second kappa shape index (κ2) is 4.39. The third kappa shape index (κ3) is 1.94. The number of thiazole rings is 1. The highest BCUT2D eigenvalue weighted by atomic mass is 35.5. The topological polar surface area (TPSA) is 58.6 Å². The molecule has 0 bridgehead atoms. The Kier molecular flexibility index (Phi) is 4.16. The highest BCUT2D eigenvalue weighted by molar-refractivity contribution is 7.16. The van der Waals surface area contributed by atoms with Gasteiger partial charge in [-0.25, -0.2) is 9.97 Å². The van der Waals surface area contributed by atoms with E-state index in [0.29, 0.717) is 5.65 Å². The highest BCUT2D eigenvalue weighted by Gasteiger charge is 1.96. The molecule has 0 unspecified atom stereocenters. The van der Waals surface area contributed by atoms with Gasteiger partial charge >= 0.3 is 4.87 Å². The number of H-pyrrole nitrogens is 1. The summed E-state index contributed by atoms with van der Waals surface area (Å²) in [6.07, 6.45) is 3.02. The van der Waals surface area contributed by atoms with E-state index in [9.17, 15) is 4.79 Å². The van der Waals surface area contributed by atoms with E-state index in [1.54, 1.807) is 6.20 Å². The van der Waals surface area contributed by atoms with Gasteiger partial charge in [0.15, 0.2) is 5.65 Å². The number of fused-ring (bicyclic) bond motifs is 1. The van der Waals surface area contributed by atoms with Crippen molar-refractivity contribution in [1.29, 1.82) is 0 Å². The minimum atomic E-state index is -0.0875. The molecule has 0 aliphatic rings. The van der Waals surface area contributed by atoms with Gasteiger partial charge in [-0.05, 0) is 0 Å². The van der Waals surface area contributed by atoms with Gasteiger partial charge < -0.3 is 0 Å². The molecule has 0 radical (unpaired) electrons. The summed E-state index contributed by atoms with van der Waals surface area (Å²) in [6.45, 7) is 0. The van der Waals surface area contributed by atoms with Crippen molar-refractivity contribution >= 4 is 46.5 Å². The molecule has 2 aromatic heterocycles. The number of rotatable bonds is 0. The maximum atomic E-state index is 10.7. The molecule has 0 spiro atoms. The SMILES string of the molecule is Cl.Cl.O=c1[nH]c2ncncc2s1. The smallest absolute Gasteiger partial charge is 0.297 e. The van der Waals surface area contributed by atoms with E-state index in [2.05, 4.69) is 15.0 Å². The maximum Gasteiger partial charge on any atom is 0.306 e. The Bertz CT molecular complexity index is 376. The molecule has 0 amide bonds. The third-order valence-electron chi connectivity index (χ3n) is 1.10. The monoisotopic (exact) mass is 225 g/mol. The molecule has 4 nitrogen and oxygen atoms in total. The Balaban J connectivity index is 0.000000605. The van der Waals surface area contributed by atoms with Crippen LogP contribution in [0.15, 0.2) is 17.3 Å². The summed E-state index contributed by atoms with van der Waals surface area (Å²) in [6, 6.07) is 0. The molecular weight excluding hydrogens is 221 g/mol. The van der Waals surface area contributed by atoms with Crippen molar-refractivity contribution in [3.8, 4) is 0 Å². The first-order chi connectivity index (χ1) is 4.86. The lowest BCUT2D eigenvalue weighted by atomic mass is 10.6. The van der Waals surface area contributed by atoms with Crippen LogP contribution in [0.1, 0.15) is 0 Å². The summed E-state index contributed by atoms with van der Waals surface area (Å²) in [7, 11) is 0. The minimum absolute atomic E-state index is 0. The Morgan fingerprint density at radius 3 is 2.83 bits per heavy atom. The molecule has 1 N–H and O–H groups in total. The number of nitrogens with zero attached hydrogens (tertiary/aromatic N) is 2. The van der Waals surface area contributed by atoms with Gasteiger partial charge in [0.1, 0.15) is 6.33 Å². The first-order valence-electron chi connectivity index (χ1n) is 2.65. The average molecular weight is 226 g/mol. The molecule has 0 fully saturated rings. The predicted octanol–water partition coefficient (Wildman–Crippen LogP) is 1.22. The maximum absolute atomic E-state index is 10.7. The second-order valence-electron chi connectivity index (χ2n) is 1.75. The Morgan fingerprint density at radius 1 is 1.42 bits per heavy atom. The number of hydrogen-bond acceptors (Lipinski definition) is 4. The lowest BCUT2D eigenvalue weighted by molar-refractivity contribution is 1.19. The molecule has 2 rings (SSSR count). The zero-order valence-corrected chi connectivity index (χ0v) is 8.13. The van der Waals surface area contributed by atoms with Crippen molar-refractivity contribution in [1.82, 2.24) is 15.0 Å². The quantitative estimate of drug-likeness (QED) is 0.734. The molecule has 0 aliphatic heterocycles. The van der Waals surface area contributed by atoms with Crippen LogP contribution < -0.4 is 4.87 Å². The zero-order valence-electron chi connectivity index (χ0n) is 5.68. The molecule has 7 heteroatoms. The zero-order chi connectivity index (χ0) is 6.97. The lowest BCUT2D eigenvalue weighted by Gasteiger charge is -1.80. The first kappa shape index (κ1) is 11.4. The van der Waals surface area contributed by atoms with Crippen molar-refractivity contribution in [3.63, 3.8) is 0 Å². The van der Waals surface area contributed by atoms with Gasteiger partial charge in [0.05, 0.1) is 4.70 Å². The summed E-state index contributed by atoms with van der Waals surface area (Å²) in [4.78, 5) is 20.8. The first-order valence-corrected chi connectivity index (χ1v) is 3.47. The summed E-state index contributed by atoms with van der Waals surface area (Å²) in [5.41, 5.74) is 0.616. The average Bonchev–Trinajstić information content (AvgIpc) is 2.27. The van der Waals surface area contributed by atoms with E-state index >= 15 is 0 Å². The summed E-state index contributed by atoms with van der Waals surface area (Å²) in [5.74, 6) is 0. The number of nitrogens with one attached hydrogen (secondary N) is 1. The van der Waals surface area contributed by atoms with Crippen LogP contribution >= 0.6 is 36.2 Å². The third-order valence-corrected chi connectivity index (χ3v) is 1.91. The van der Waals surface area contributed by atoms with E-state index in [1.807, 2.05) is 0 Å². The Hall–Kier alpha value is -0.650. The van der Waals surface area contributed by atoms with Crippen LogP contribution in [0, 0.1) is 0 Å². The van der Waals surface area contributed by atoms with E-state index in [-0.39, 0.29) is 29.7 Å². The van der Waals surface area contributed by atoms with Crippen LogP contribution in [0.25, 0.3) is 10.3 Å². The molecule has 2 aromatic rings. The number of aromatic amines is 1. The van der Waals surface area contributed by atoms with E-state index < -0.39 is 0 Å². The van der Waals surface area contributed by atoms with E-state index in [1.165, 1.54) is 6.33 Å². The minimum Gasteiger partial charge on any atom is -0.297 e. The number of aromatic nitrogens is 3. The highest BCUT2D eigenvalue weighted by Crippen LogP contribution is 2.07. The Labute approximate surface area is 83.9 Å². The lowest BCUT2D eigenvalue weighted by Crippen LogP contribution is -1.90. The standard InChI is InChI=1S/C5H3N3OS.2ClH/c9-5-8-4-3(10-5)1-6-2-7-4;;/h1-2H,(H,6,7,8,9);2*1H. The normalized spacial score (nSPS) is 8.67. The fourth-order valence-electron chi connectivity index (χ4n) is 0.707. The van der Waals surface area contributed by atoms with Gasteiger partial charge in [-0.3, -0.25) is 9.78 Å². The molecule has 0 aliphatic carbocycles. The van der Waals surface area contributed by atoms with Crippen molar-refractivity contribution in [2.24, 2.45) is 0 Å². The van der Waals surface area contributed by atoms with Crippen LogP contribution in [-0.2, 0) is 0 Å². The van der Waals surface area contributed by atoms with Crippen LogP contribution in [0.5, 0.6) is 0 Å². The fourth-order valence-corrected chi connectivity index (χ4v) is 1.37. The number of hydrogen-bond donors (Lipinski definition) is 1. The molecule has 0 aromatic carbocycles. The van der Waals surface area contributed by atoms with Crippen molar-refractivity contribution in [2.75, 3.05) is 0 Å². The van der Waals surface area contributed by atoms with Crippen molar-refractivity contribution in [2.45, 2.75) is 0 Å². The van der Waals surface area contributed by atoms with Crippen LogP contribution in [-0.4, -0.2) is 15.0 Å². The molecule has 0 saturated carbocycles. The molecule has 12 heavy (non-hydrogen) atoms. The van der Waals surface area contributed by atoms with Crippen LogP contribution in [0.2, 0.25) is 0 Å². The summed E-state index contributed by atoms with van der Waals surface area (Å²) in [5, 5.41) is 0. The fraction of sp³-hybridized carbons (Fsp3) is 0. The molecule has 0 saturated heterocycles.